The van der Waals surface area contributed by atoms with Gasteiger partial charge in [0.1, 0.15) is 0 Å². The molecule has 1 aromatic rings. The number of rotatable bonds is 0. The summed E-state index contributed by atoms with van der Waals surface area (Å²) < 4.78 is 64.6. The summed E-state index contributed by atoms with van der Waals surface area (Å²) in [5, 5.41) is 0. The summed E-state index contributed by atoms with van der Waals surface area (Å²) in [6, 6.07) is 5.34. The maximum Gasteiger partial charge on any atom is 0.471 e. The number of hydrogen-bond acceptors (Lipinski definition) is 1. The van der Waals surface area contributed by atoms with Crippen LogP contribution < -0.4 is 0 Å². The maximum atomic E-state index is 13.8. The number of amides is 1. The van der Waals surface area contributed by atoms with Gasteiger partial charge in [0.15, 0.2) is 0 Å². The molecule has 7 heteroatoms. The second-order valence-electron chi connectivity index (χ2n) is 4.34. The lowest BCUT2D eigenvalue weighted by molar-refractivity contribution is -0.186. The molecule has 19 heavy (non-hydrogen) atoms. The molecule has 1 heterocycles. The standard InChI is InChI=1S/C12H10F5NO/c13-11(14)5-6-18(10(19)12(15,16)17)7-8-3-1-2-4-9(8)11/h1-4H,5-7H2. The van der Waals surface area contributed by atoms with E-state index in [2.05, 4.69) is 0 Å². The minimum absolute atomic E-state index is 0.0441. The summed E-state index contributed by atoms with van der Waals surface area (Å²) in [5.41, 5.74) is -0.268. The molecular weight excluding hydrogens is 269 g/mol. The molecular formula is C12H10F5NO. The predicted octanol–water partition coefficient (Wildman–Crippen LogP) is 3.07. The van der Waals surface area contributed by atoms with Gasteiger partial charge in [0.25, 0.3) is 5.92 Å². The first-order valence-corrected chi connectivity index (χ1v) is 5.54. The normalized spacial score (nSPS) is 18.7. The highest BCUT2D eigenvalue weighted by Crippen LogP contribution is 2.37. The van der Waals surface area contributed by atoms with Crippen molar-refractivity contribution in [3.05, 3.63) is 35.4 Å². The zero-order chi connectivity index (χ0) is 14.3. The summed E-state index contributed by atoms with van der Waals surface area (Å²) in [7, 11) is 0. The average Bonchev–Trinajstić information content (AvgIpc) is 2.45. The number of carbonyl (C=O) groups is 1. The average molecular weight is 279 g/mol. The van der Waals surface area contributed by atoms with Gasteiger partial charge in [-0.2, -0.15) is 13.2 Å². The van der Waals surface area contributed by atoms with E-state index < -0.39 is 37.5 Å². The molecule has 2 nitrogen and oxygen atoms in total. The van der Waals surface area contributed by atoms with Crippen LogP contribution in [0.1, 0.15) is 17.5 Å². The lowest BCUT2D eigenvalue weighted by atomic mass is 10.0. The molecule has 2 rings (SSSR count). The van der Waals surface area contributed by atoms with Crippen molar-refractivity contribution < 1.29 is 26.7 Å². The fourth-order valence-electron chi connectivity index (χ4n) is 2.06. The maximum absolute atomic E-state index is 13.8. The molecule has 0 spiro atoms. The monoisotopic (exact) mass is 279 g/mol. The molecule has 1 amide bonds. The topological polar surface area (TPSA) is 20.3 Å². The van der Waals surface area contributed by atoms with Crippen molar-refractivity contribution in [3.8, 4) is 0 Å². The van der Waals surface area contributed by atoms with Crippen LogP contribution >= 0.6 is 0 Å². The summed E-state index contributed by atoms with van der Waals surface area (Å²) in [6.07, 6.45) is -5.86. The number of carbonyl (C=O) groups excluding carboxylic acids is 1. The lowest BCUT2D eigenvalue weighted by Crippen LogP contribution is -2.41. The van der Waals surface area contributed by atoms with Crippen LogP contribution in [0.25, 0.3) is 0 Å². The van der Waals surface area contributed by atoms with Crippen LogP contribution in [0.4, 0.5) is 22.0 Å². The van der Waals surface area contributed by atoms with Crippen LogP contribution in [0.3, 0.4) is 0 Å². The van der Waals surface area contributed by atoms with E-state index in [1.807, 2.05) is 0 Å². The van der Waals surface area contributed by atoms with E-state index in [-0.39, 0.29) is 11.1 Å². The molecule has 0 aromatic heterocycles. The summed E-state index contributed by atoms with van der Waals surface area (Å²) >= 11 is 0. The zero-order valence-electron chi connectivity index (χ0n) is 9.68. The van der Waals surface area contributed by atoms with Gasteiger partial charge in [-0.25, -0.2) is 8.78 Å². The first-order valence-electron chi connectivity index (χ1n) is 5.54. The Labute approximate surface area is 105 Å². The van der Waals surface area contributed by atoms with Gasteiger partial charge >= 0.3 is 12.1 Å². The smallest absolute Gasteiger partial charge is 0.330 e. The Morgan fingerprint density at radius 3 is 2.47 bits per heavy atom. The molecule has 0 atom stereocenters. The van der Waals surface area contributed by atoms with E-state index in [0.29, 0.717) is 4.90 Å². The quantitative estimate of drug-likeness (QED) is 0.668. The number of hydrogen-bond donors (Lipinski definition) is 0. The van der Waals surface area contributed by atoms with Gasteiger partial charge in [0.2, 0.25) is 0 Å². The predicted molar refractivity (Wildman–Crippen MR) is 56.4 cm³/mol. The lowest BCUT2D eigenvalue weighted by Gasteiger charge is -2.21. The Morgan fingerprint density at radius 1 is 1.21 bits per heavy atom. The van der Waals surface area contributed by atoms with E-state index in [9.17, 15) is 26.7 Å². The fourth-order valence-corrected chi connectivity index (χ4v) is 2.06. The molecule has 0 saturated carbocycles. The molecule has 0 radical (unpaired) electrons. The Kier molecular flexibility index (Phi) is 3.24. The highest BCUT2D eigenvalue weighted by atomic mass is 19.4. The highest BCUT2D eigenvalue weighted by molar-refractivity contribution is 5.82. The Hall–Kier alpha value is -1.66. The molecule has 104 valence electrons. The van der Waals surface area contributed by atoms with Crippen LogP contribution in [0.15, 0.2) is 24.3 Å². The van der Waals surface area contributed by atoms with Gasteiger partial charge in [-0.3, -0.25) is 4.79 Å². The Bertz CT molecular complexity index is 497. The van der Waals surface area contributed by atoms with Gasteiger partial charge in [0, 0.05) is 25.1 Å². The van der Waals surface area contributed by atoms with Crippen molar-refractivity contribution in [3.63, 3.8) is 0 Å². The van der Waals surface area contributed by atoms with E-state index >= 15 is 0 Å². The van der Waals surface area contributed by atoms with E-state index in [1.165, 1.54) is 24.3 Å². The summed E-state index contributed by atoms with van der Waals surface area (Å²) in [6.45, 7) is -1.08. The molecule has 0 N–H and O–H groups in total. The van der Waals surface area contributed by atoms with Gasteiger partial charge in [0.05, 0.1) is 0 Å². The first-order chi connectivity index (χ1) is 8.72. The molecule has 0 saturated heterocycles. The highest BCUT2D eigenvalue weighted by Gasteiger charge is 2.45. The van der Waals surface area contributed by atoms with Crippen molar-refractivity contribution >= 4 is 5.91 Å². The van der Waals surface area contributed by atoms with Crippen LogP contribution in [-0.2, 0) is 17.3 Å². The van der Waals surface area contributed by atoms with Crippen molar-refractivity contribution in [2.24, 2.45) is 0 Å². The molecule has 0 unspecified atom stereocenters. The number of nitrogens with zero attached hydrogens (tertiary/aromatic N) is 1. The van der Waals surface area contributed by atoms with E-state index in [1.54, 1.807) is 0 Å². The van der Waals surface area contributed by atoms with Crippen LogP contribution in [0, 0.1) is 0 Å². The third kappa shape index (κ3) is 2.69. The molecule has 0 aliphatic carbocycles. The van der Waals surface area contributed by atoms with Crippen molar-refractivity contribution in [1.82, 2.24) is 4.90 Å². The molecule has 1 aromatic carbocycles. The third-order valence-corrected chi connectivity index (χ3v) is 3.00. The van der Waals surface area contributed by atoms with Crippen LogP contribution in [-0.4, -0.2) is 23.5 Å². The summed E-state index contributed by atoms with van der Waals surface area (Å²) in [4.78, 5) is 11.6. The molecule has 1 aliphatic rings. The van der Waals surface area contributed by atoms with E-state index in [4.69, 9.17) is 0 Å². The van der Waals surface area contributed by atoms with Gasteiger partial charge in [-0.15, -0.1) is 0 Å². The fraction of sp³-hybridized carbons (Fsp3) is 0.417. The van der Waals surface area contributed by atoms with Crippen molar-refractivity contribution in [2.45, 2.75) is 25.1 Å². The SMILES string of the molecule is O=C(N1CCC(F)(F)c2ccccc2C1)C(F)(F)F. The van der Waals surface area contributed by atoms with Gasteiger partial charge in [-0.1, -0.05) is 24.3 Å². The third-order valence-electron chi connectivity index (χ3n) is 3.00. The minimum Gasteiger partial charge on any atom is -0.330 e. The van der Waals surface area contributed by atoms with Crippen molar-refractivity contribution in [1.29, 1.82) is 0 Å². The number of benzene rings is 1. The second-order valence-corrected chi connectivity index (χ2v) is 4.34. The second kappa shape index (κ2) is 4.47. The Morgan fingerprint density at radius 2 is 1.84 bits per heavy atom. The number of alkyl halides is 5. The van der Waals surface area contributed by atoms with Gasteiger partial charge < -0.3 is 4.90 Å². The summed E-state index contributed by atoms with van der Waals surface area (Å²) in [5.74, 6) is -5.31. The molecule has 0 fully saturated rings. The largest absolute Gasteiger partial charge is 0.471 e. The zero-order valence-corrected chi connectivity index (χ0v) is 9.68. The first kappa shape index (κ1) is 13.8. The number of fused-ring (bicyclic) bond motifs is 1. The van der Waals surface area contributed by atoms with Crippen LogP contribution in [0.2, 0.25) is 0 Å². The van der Waals surface area contributed by atoms with Crippen molar-refractivity contribution in [2.75, 3.05) is 6.54 Å². The Balaban J connectivity index is 2.35. The van der Waals surface area contributed by atoms with Gasteiger partial charge in [-0.05, 0) is 5.56 Å². The molecule has 0 bridgehead atoms. The number of halogens is 5. The van der Waals surface area contributed by atoms with Crippen LogP contribution in [0.5, 0.6) is 0 Å². The minimum atomic E-state index is -5.05. The molecule has 1 aliphatic heterocycles. The van der Waals surface area contributed by atoms with E-state index in [0.717, 1.165) is 0 Å².